The zero-order valence-corrected chi connectivity index (χ0v) is 13.4. The Hall–Kier alpha value is -2.71. The fourth-order valence-corrected chi connectivity index (χ4v) is 2.47. The number of carbonyl (C=O) groups is 1. The van der Waals surface area contributed by atoms with Crippen LogP contribution in [0.5, 0.6) is 0 Å². The third kappa shape index (κ3) is 2.89. The molecule has 0 radical (unpaired) electrons. The van der Waals surface area contributed by atoms with Crippen molar-refractivity contribution in [3.63, 3.8) is 0 Å². The second kappa shape index (κ2) is 6.42. The molecule has 0 spiro atoms. The summed E-state index contributed by atoms with van der Waals surface area (Å²) in [6, 6.07) is 3.15. The molecule has 2 aromatic heterocycles. The lowest BCUT2D eigenvalue weighted by molar-refractivity contribution is 0.0517. The van der Waals surface area contributed by atoms with Crippen LogP contribution in [0, 0.1) is 0 Å². The average molecular weight is 349 g/mol. The van der Waals surface area contributed by atoms with Crippen molar-refractivity contribution in [1.29, 1.82) is 0 Å². The van der Waals surface area contributed by atoms with Crippen molar-refractivity contribution in [3.8, 4) is 5.69 Å². The lowest BCUT2D eigenvalue weighted by Crippen LogP contribution is -2.22. The predicted molar refractivity (Wildman–Crippen MR) is 86.4 cm³/mol. The van der Waals surface area contributed by atoms with Crippen LogP contribution >= 0.6 is 11.6 Å². The quantitative estimate of drug-likeness (QED) is 0.690. The van der Waals surface area contributed by atoms with Crippen molar-refractivity contribution in [2.24, 2.45) is 0 Å². The Morgan fingerprint density at radius 3 is 2.92 bits per heavy atom. The highest BCUT2D eigenvalue weighted by Gasteiger charge is 2.16. The topological polar surface area (TPSA) is 110 Å². The molecule has 1 aromatic carbocycles. The Kier molecular flexibility index (Phi) is 4.32. The molecular weight excluding hydrogens is 336 g/mol. The van der Waals surface area contributed by atoms with E-state index in [0.29, 0.717) is 27.4 Å². The van der Waals surface area contributed by atoms with Gasteiger partial charge >= 0.3 is 5.97 Å². The van der Waals surface area contributed by atoms with Crippen LogP contribution in [0.2, 0.25) is 5.02 Å². The van der Waals surface area contributed by atoms with E-state index < -0.39 is 11.5 Å². The fourth-order valence-electron chi connectivity index (χ4n) is 2.21. The van der Waals surface area contributed by atoms with Gasteiger partial charge in [-0.25, -0.2) is 14.8 Å². The normalized spacial score (nSPS) is 11.0. The van der Waals surface area contributed by atoms with E-state index in [0.717, 1.165) is 0 Å². The monoisotopic (exact) mass is 348 g/mol. The maximum absolute atomic E-state index is 12.0. The molecule has 3 aromatic rings. The number of nitrogens with one attached hydrogen (secondary N) is 1. The second-order valence-electron chi connectivity index (χ2n) is 4.89. The SMILES string of the molecule is CCOC(=O)c1nc2cc(-n3cnc(CO)c3)c(Cl)cc2[nH]c1=O. The highest BCUT2D eigenvalue weighted by Crippen LogP contribution is 2.25. The number of H-pyrrole nitrogens is 1. The zero-order valence-electron chi connectivity index (χ0n) is 12.6. The van der Waals surface area contributed by atoms with Crippen LogP contribution in [0.15, 0.2) is 29.5 Å². The van der Waals surface area contributed by atoms with Crippen molar-refractivity contribution in [2.75, 3.05) is 6.61 Å². The van der Waals surface area contributed by atoms with E-state index in [-0.39, 0.29) is 18.9 Å². The molecule has 8 nitrogen and oxygen atoms in total. The van der Waals surface area contributed by atoms with Crippen LogP contribution in [-0.4, -0.2) is 37.2 Å². The molecule has 124 valence electrons. The Morgan fingerprint density at radius 2 is 2.25 bits per heavy atom. The number of hydrogen-bond donors (Lipinski definition) is 2. The van der Waals surface area contributed by atoms with E-state index in [1.807, 2.05) is 0 Å². The van der Waals surface area contributed by atoms with E-state index >= 15 is 0 Å². The van der Waals surface area contributed by atoms with Crippen molar-refractivity contribution in [3.05, 3.63) is 51.4 Å². The summed E-state index contributed by atoms with van der Waals surface area (Å²) < 4.78 is 6.44. The van der Waals surface area contributed by atoms with E-state index in [9.17, 15) is 9.59 Å². The first kappa shape index (κ1) is 16.2. The predicted octanol–water partition coefficient (Wildman–Crippen LogP) is 1.43. The summed E-state index contributed by atoms with van der Waals surface area (Å²) in [5.41, 5.74) is 0.827. The number of aromatic amines is 1. The third-order valence-electron chi connectivity index (χ3n) is 3.31. The molecule has 0 atom stereocenters. The average Bonchev–Trinajstić information content (AvgIpc) is 3.02. The van der Waals surface area contributed by atoms with Crippen LogP contribution in [0.4, 0.5) is 0 Å². The van der Waals surface area contributed by atoms with Crippen LogP contribution in [-0.2, 0) is 11.3 Å². The van der Waals surface area contributed by atoms with Gasteiger partial charge in [0.1, 0.15) is 0 Å². The Bertz CT molecular complexity index is 979. The van der Waals surface area contributed by atoms with Gasteiger partial charge in [0.05, 0.1) is 47.0 Å². The number of halogens is 1. The number of fused-ring (bicyclic) bond motifs is 1. The highest BCUT2D eigenvalue weighted by atomic mass is 35.5. The van der Waals surface area contributed by atoms with Crippen molar-refractivity contribution >= 4 is 28.6 Å². The number of esters is 1. The van der Waals surface area contributed by atoms with E-state index in [1.165, 1.54) is 12.4 Å². The first-order chi connectivity index (χ1) is 11.5. The number of ether oxygens (including phenoxy) is 1. The third-order valence-corrected chi connectivity index (χ3v) is 3.61. The minimum atomic E-state index is -0.789. The number of rotatable bonds is 4. The van der Waals surface area contributed by atoms with E-state index in [2.05, 4.69) is 15.0 Å². The summed E-state index contributed by atoms with van der Waals surface area (Å²) in [4.78, 5) is 34.4. The summed E-state index contributed by atoms with van der Waals surface area (Å²) >= 11 is 6.24. The first-order valence-electron chi connectivity index (χ1n) is 7.08. The van der Waals surface area contributed by atoms with Crippen LogP contribution < -0.4 is 5.56 Å². The maximum Gasteiger partial charge on any atom is 0.362 e. The molecule has 0 saturated heterocycles. The molecule has 0 fully saturated rings. The molecule has 0 amide bonds. The van der Waals surface area contributed by atoms with Crippen molar-refractivity contribution in [2.45, 2.75) is 13.5 Å². The number of aliphatic hydroxyl groups is 1. The Balaban J connectivity index is 2.16. The van der Waals surface area contributed by atoms with Crippen LogP contribution in [0.3, 0.4) is 0 Å². The number of hydrogen-bond acceptors (Lipinski definition) is 6. The second-order valence-corrected chi connectivity index (χ2v) is 5.29. The largest absolute Gasteiger partial charge is 0.461 e. The number of carbonyl (C=O) groups excluding carboxylic acids is 1. The first-order valence-corrected chi connectivity index (χ1v) is 7.46. The lowest BCUT2D eigenvalue weighted by Gasteiger charge is -2.08. The highest BCUT2D eigenvalue weighted by molar-refractivity contribution is 6.33. The molecule has 24 heavy (non-hydrogen) atoms. The summed E-state index contributed by atoms with van der Waals surface area (Å²) in [7, 11) is 0. The molecule has 2 heterocycles. The number of imidazole rings is 1. The van der Waals surface area contributed by atoms with Gasteiger partial charge in [-0.1, -0.05) is 11.6 Å². The molecule has 3 rings (SSSR count). The standard InChI is InChI=1S/C15H13ClN4O4/c1-2-24-15(23)13-14(22)19-10-3-9(16)12(4-11(10)18-13)20-5-8(6-21)17-7-20/h3-5,7,21H,2,6H2,1H3,(H,19,22). The van der Waals surface area contributed by atoms with Crippen LogP contribution in [0.1, 0.15) is 23.1 Å². The number of benzene rings is 1. The number of aliphatic hydroxyl groups excluding tert-OH is 1. The Morgan fingerprint density at radius 1 is 1.46 bits per heavy atom. The minimum Gasteiger partial charge on any atom is -0.461 e. The van der Waals surface area contributed by atoms with Gasteiger partial charge in [-0.05, 0) is 19.1 Å². The minimum absolute atomic E-state index is 0.142. The van der Waals surface area contributed by atoms with Gasteiger partial charge in [-0.3, -0.25) is 4.79 Å². The fraction of sp³-hybridized carbons (Fsp3) is 0.200. The van der Waals surface area contributed by atoms with Gasteiger partial charge in [0.2, 0.25) is 5.69 Å². The molecule has 0 unspecified atom stereocenters. The molecule has 9 heteroatoms. The van der Waals surface area contributed by atoms with Gasteiger partial charge in [-0.15, -0.1) is 0 Å². The van der Waals surface area contributed by atoms with E-state index in [4.69, 9.17) is 21.4 Å². The summed E-state index contributed by atoms with van der Waals surface area (Å²) in [6.45, 7) is 1.59. The molecule has 2 N–H and O–H groups in total. The zero-order chi connectivity index (χ0) is 17.3. The number of aromatic nitrogens is 4. The molecule has 0 bridgehead atoms. The van der Waals surface area contributed by atoms with Crippen LogP contribution in [0.25, 0.3) is 16.7 Å². The summed E-state index contributed by atoms with van der Waals surface area (Å²) in [5, 5.41) is 9.46. The van der Waals surface area contributed by atoms with Gasteiger partial charge in [0, 0.05) is 6.20 Å². The number of nitrogens with zero attached hydrogens (tertiary/aromatic N) is 3. The molecule has 0 saturated carbocycles. The molecular formula is C15H13ClN4O4. The molecule has 0 aliphatic heterocycles. The van der Waals surface area contributed by atoms with Crippen molar-refractivity contribution < 1.29 is 14.6 Å². The molecule has 0 aliphatic rings. The van der Waals surface area contributed by atoms with Gasteiger partial charge in [0.25, 0.3) is 5.56 Å². The van der Waals surface area contributed by atoms with Crippen molar-refractivity contribution in [1.82, 2.24) is 19.5 Å². The smallest absolute Gasteiger partial charge is 0.362 e. The van der Waals surface area contributed by atoms with E-state index in [1.54, 1.807) is 23.8 Å². The Labute approximate surface area is 140 Å². The summed E-state index contributed by atoms with van der Waals surface area (Å²) in [5.74, 6) is -0.789. The van der Waals surface area contributed by atoms with Gasteiger partial charge in [-0.2, -0.15) is 0 Å². The van der Waals surface area contributed by atoms with Gasteiger partial charge < -0.3 is 19.4 Å². The lowest BCUT2D eigenvalue weighted by atomic mass is 10.2. The maximum atomic E-state index is 12.0. The summed E-state index contributed by atoms with van der Waals surface area (Å²) in [6.07, 6.45) is 3.11. The van der Waals surface area contributed by atoms with Gasteiger partial charge in [0.15, 0.2) is 0 Å². The molecule has 0 aliphatic carbocycles.